The highest BCUT2D eigenvalue weighted by Crippen LogP contribution is 2.41. The fourth-order valence-corrected chi connectivity index (χ4v) is 3.84. The number of hydrogen-bond donors (Lipinski definition) is 2. The van der Waals surface area contributed by atoms with Gasteiger partial charge < -0.3 is 5.32 Å². The summed E-state index contributed by atoms with van der Waals surface area (Å²) >= 11 is 6.30. The summed E-state index contributed by atoms with van der Waals surface area (Å²) in [6, 6.07) is 27.3. The Morgan fingerprint density at radius 2 is 1.60 bits per heavy atom. The van der Waals surface area contributed by atoms with Crippen LogP contribution in [-0.2, 0) is 5.66 Å². The number of rotatable bonds is 3. The van der Waals surface area contributed by atoms with Gasteiger partial charge in [0.1, 0.15) is 5.66 Å². The van der Waals surface area contributed by atoms with Crippen molar-refractivity contribution in [1.29, 1.82) is 0 Å². The maximum Gasteiger partial charge on any atom is 0.115 e. The Hall–Kier alpha value is -2.29. The van der Waals surface area contributed by atoms with Crippen LogP contribution in [0.3, 0.4) is 0 Å². The van der Waals surface area contributed by atoms with Crippen molar-refractivity contribution in [2.45, 2.75) is 25.0 Å². The molecular formula is C22H21ClN2. The minimum atomic E-state index is -0.317. The van der Waals surface area contributed by atoms with Crippen LogP contribution in [0.4, 0.5) is 5.69 Å². The summed E-state index contributed by atoms with van der Waals surface area (Å²) in [5, 5.41) is 8.35. The van der Waals surface area contributed by atoms with E-state index in [4.69, 9.17) is 11.6 Å². The molecule has 0 unspecified atom stereocenters. The molecule has 2 nitrogen and oxygen atoms in total. The fourth-order valence-electron chi connectivity index (χ4n) is 3.66. The van der Waals surface area contributed by atoms with E-state index >= 15 is 0 Å². The predicted octanol–water partition coefficient (Wildman–Crippen LogP) is 5.71. The third kappa shape index (κ3) is 2.92. The molecule has 1 heterocycles. The van der Waals surface area contributed by atoms with Gasteiger partial charge >= 0.3 is 0 Å². The van der Waals surface area contributed by atoms with Crippen LogP contribution in [-0.4, -0.2) is 0 Å². The molecule has 3 heteroatoms. The number of nitrogens with one attached hydrogen (secondary N) is 2. The first-order valence-electron chi connectivity index (χ1n) is 8.68. The van der Waals surface area contributed by atoms with E-state index in [1.54, 1.807) is 0 Å². The van der Waals surface area contributed by atoms with Crippen LogP contribution in [0.1, 0.15) is 36.1 Å². The van der Waals surface area contributed by atoms with E-state index in [0.717, 1.165) is 17.1 Å². The second-order valence-electron chi connectivity index (χ2n) is 6.47. The zero-order valence-corrected chi connectivity index (χ0v) is 14.9. The number of anilines is 1. The van der Waals surface area contributed by atoms with Crippen molar-refractivity contribution in [2.24, 2.45) is 0 Å². The van der Waals surface area contributed by atoms with Crippen molar-refractivity contribution in [3.63, 3.8) is 0 Å². The molecule has 0 saturated heterocycles. The Morgan fingerprint density at radius 3 is 2.28 bits per heavy atom. The Kier molecular flexibility index (Phi) is 4.24. The Balaban J connectivity index is 1.88. The second kappa shape index (κ2) is 6.55. The first-order valence-corrected chi connectivity index (χ1v) is 9.05. The smallest absolute Gasteiger partial charge is 0.115 e. The molecule has 0 fully saturated rings. The molecule has 2 N–H and O–H groups in total. The summed E-state index contributed by atoms with van der Waals surface area (Å²) in [4.78, 5) is 0. The van der Waals surface area contributed by atoms with Gasteiger partial charge in [0.25, 0.3) is 0 Å². The number of fused-ring (bicyclic) bond motifs is 1. The van der Waals surface area contributed by atoms with Gasteiger partial charge in [-0.15, -0.1) is 0 Å². The van der Waals surface area contributed by atoms with Crippen molar-refractivity contribution in [3.8, 4) is 0 Å². The maximum atomic E-state index is 6.30. The van der Waals surface area contributed by atoms with Crippen LogP contribution in [0.5, 0.6) is 0 Å². The topological polar surface area (TPSA) is 24.1 Å². The SMILES string of the molecule is CC[C@]1(c2ccccc2)Nc2ccc(Cl)cc2[C@@H](c2ccccc2)N1. The van der Waals surface area contributed by atoms with Gasteiger partial charge in [-0.05, 0) is 41.3 Å². The molecule has 2 atom stereocenters. The lowest BCUT2D eigenvalue weighted by Crippen LogP contribution is -2.53. The highest BCUT2D eigenvalue weighted by molar-refractivity contribution is 6.30. The highest BCUT2D eigenvalue weighted by atomic mass is 35.5. The van der Waals surface area contributed by atoms with Gasteiger partial charge in [0.05, 0.1) is 6.04 Å². The quantitative estimate of drug-likeness (QED) is 0.633. The summed E-state index contributed by atoms with van der Waals surface area (Å²) in [6.07, 6.45) is 0.919. The molecule has 126 valence electrons. The van der Waals surface area contributed by atoms with Crippen LogP contribution < -0.4 is 10.6 Å². The van der Waals surface area contributed by atoms with Gasteiger partial charge in [-0.3, -0.25) is 5.32 Å². The molecule has 4 rings (SSSR count). The number of hydrogen-bond acceptors (Lipinski definition) is 2. The standard InChI is InChI=1S/C22H21ClN2/c1-2-22(17-11-7-4-8-12-17)24-20-14-13-18(23)15-19(20)21(25-22)16-9-5-3-6-10-16/h3-15,21,24-25H,2H2,1H3/t21-,22+/m1/s1. The Labute approximate surface area is 153 Å². The van der Waals surface area contributed by atoms with Crippen LogP contribution in [0, 0.1) is 0 Å². The van der Waals surface area contributed by atoms with Crippen molar-refractivity contribution in [3.05, 3.63) is 101 Å². The monoisotopic (exact) mass is 348 g/mol. The van der Waals surface area contributed by atoms with Crippen LogP contribution in [0.2, 0.25) is 5.02 Å². The molecular weight excluding hydrogens is 328 g/mol. The molecule has 3 aromatic rings. The second-order valence-corrected chi connectivity index (χ2v) is 6.91. The fraction of sp³-hybridized carbons (Fsp3) is 0.182. The third-order valence-electron chi connectivity index (χ3n) is 4.99. The van der Waals surface area contributed by atoms with E-state index in [9.17, 15) is 0 Å². The van der Waals surface area contributed by atoms with E-state index < -0.39 is 0 Å². The Morgan fingerprint density at radius 1 is 0.920 bits per heavy atom. The van der Waals surface area contributed by atoms with Crippen LogP contribution in [0.25, 0.3) is 0 Å². The number of halogens is 1. The number of benzene rings is 3. The van der Waals surface area contributed by atoms with Crippen LogP contribution in [0.15, 0.2) is 78.9 Å². The molecule has 0 amide bonds. The van der Waals surface area contributed by atoms with Crippen molar-refractivity contribution < 1.29 is 0 Å². The summed E-state index contributed by atoms with van der Waals surface area (Å²) in [5.74, 6) is 0. The van der Waals surface area contributed by atoms with Gasteiger partial charge in [0, 0.05) is 10.7 Å². The van der Waals surface area contributed by atoms with E-state index in [0.29, 0.717) is 0 Å². The molecule has 1 aliphatic rings. The van der Waals surface area contributed by atoms with Gasteiger partial charge in [0.15, 0.2) is 0 Å². The minimum absolute atomic E-state index is 0.0799. The molecule has 0 aliphatic carbocycles. The molecule has 0 spiro atoms. The van der Waals surface area contributed by atoms with Crippen molar-refractivity contribution in [2.75, 3.05) is 5.32 Å². The van der Waals surface area contributed by atoms with E-state index in [-0.39, 0.29) is 11.7 Å². The lowest BCUT2D eigenvalue weighted by atomic mass is 9.86. The lowest BCUT2D eigenvalue weighted by Gasteiger charge is -2.45. The van der Waals surface area contributed by atoms with Gasteiger partial charge in [0.2, 0.25) is 0 Å². The highest BCUT2D eigenvalue weighted by Gasteiger charge is 2.38. The maximum absolute atomic E-state index is 6.30. The van der Waals surface area contributed by atoms with Crippen molar-refractivity contribution >= 4 is 17.3 Å². The minimum Gasteiger partial charge on any atom is -0.363 e. The first-order chi connectivity index (χ1) is 12.2. The summed E-state index contributed by atoms with van der Waals surface area (Å²) in [7, 11) is 0. The average Bonchev–Trinajstić information content (AvgIpc) is 2.68. The van der Waals surface area contributed by atoms with E-state index in [2.05, 4.69) is 84.3 Å². The molecule has 1 aliphatic heterocycles. The zero-order chi connectivity index (χ0) is 17.3. The summed E-state index contributed by atoms with van der Waals surface area (Å²) < 4.78 is 0. The lowest BCUT2D eigenvalue weighted by molar-refractivity contribution is 0.325. The zero-order valence-electron chi connectivity index (χ0n) is 14.2. The van der Waals surface area contributed by atoms with E-state index in [1.807, 2.05) is 12.1 Å². The molecule has 0 radical (unpaired) electrons. The summed E-state index contributed by atoms with van der Waals surface area (Å²) in [5.41, 5.74) is 4.46. The molecule has 25 heavy (non-hydrogen) atoms. The first kappa shape index (κ1) is 16.2. The van der Waals surface area contributed by atoms with Gasteiger partial charge in [-0.2, -0.15) is 0 Å². The summed E-state index contributed by atoms with van der Waals surface area (Å²) in [6.45, 7) is 2.20. The Bertz CT molecular complexity index is 864. The van der Waals surface area contributed by atoms with Crippen LogP contribution >= 0.6 is 11.6 Å². The molecule has 3 aromatic carbocycles. The third-order valence-corrected chi connectivity index (χ3v) is 5.23. The van der Waals surface area contributed by atoms with Gasteiger partial charge in [-0.25, -0.2) is 0 Å². The predicted molar refractivity (Wildman–Crippen MR) is 105 cm³/mol. The normalized spacial score (nSPS) is 22.1. The molecule has 0 aromatic heterocycles. The molecule has 0 bridgehead atoms. The van der Waals surface area contributed by atoms with Crippen molar-refractivity contribution in [1.82, 2.24) is 5.32 Å². The van der Waals surface area contributed by atoms with Gasteiger partial charge in [-0.1, -0.05) is 79.2 Å². The largest absolute Gasteiger partial charge is 0.363 e. The van der Waals surface area contributed by atoms with E-state index in [1.165, 1.54) is 16.7 Å². The average molecular weight is 349 g/mol. The molecule has 0 saturated carbocycles.